The van der Waals surface area contributed by atoms with Crippen LogP contribution >= 0.6 is 11.3 Å². The summed E-state index contributed by atoms with van der Waals surface area (Å²) in [6.45, 7) is 5.28. The van der Waals surface area contributed by atoms with Gasteiger partial charge in [-0.15, -0.1) is 0 Å². The van der Waals surface area contributed by atoms with Gasteiger partial charge in [0.2, 0.25) is 11.8 Å². The van der Waals surface area contributed by atoms with Gasteiger partial charge < -0.3 is 20.1 Å². The van der Waals surface area contributed by atoms with Crippen molar-refractivity contribution < 1.29 is 19.4 Å². The van der Waals surface area contributed by atoms with Gasteiger partial charge in [0.05, 0.1) is 40.8 Å². The van der Waals surface area contributed by atoms with Crippen LogP contribution in [0.4, 0.5) is 15.9 Å². The van der Waals surface area contributed by atoms with E-state index in [4.69, 9.17) is 4.74 Å². The Morgan fingerprint density at radius 1 is 1.10 bits per heavy atom. The number of carbonyl (C=O) groups is 2. The smallest absolute Gasteiger partial charge is 0.321 e. The van der Waals surface area contributed by atoms with E-state index in [9.17, 15) is 14.7 Å². The van der Waals surface area contributed by atoms with Gasteiger partial charge in [0.1, 0.15) is 0 Å². The number of benzene rings is 1. The Balaban J connectivity index is 1.49. The number of ether oxygens (including phenoxy) is 1. The van der Waals surface area contributed by atoms with Crippen molar-refractivity contribution in [3.8, 4) is 28.3 Å². The summed E-state index contributed by atoms with van der Waals surface area (Å²) in [6, 6.07) is 3.56. The molecule has 3 N–H and O–H groups in total. The van der Waals surface area contributed by atoms with Crippen LogP contribution in [0.5, 0.6) is 5.88 Å². The van der Waals surface area contributed by atoms with Crippen LogP contribution in [0.25, 0.3) is 32.6 Å². The monoisotopic (exact) mass is 548 g/mol. The molecule has 1 fully saturated rings. The van der Waals surface area contributed by atoms with E-state index in [2.05, 4.69) is 35.6 Å². The lowest BCUT2D eigenvalue weighted by Gasteiger charge is -2.36. The summed E-state index contributed by atoms with van der Waals surface area (Å²) in [4.78, 5) is 48.3. The molecule has 0 saturated carbocycles. The fraction of sp³-hybridized carbons (Fsp3) is 0.346. The number of aliphatic carboxylic acids is 1. The molecule has 202 valence electrons. The summed E-state index contributed by atoms with van der Waals surface area (Å²) in [5.74, 6) is 0.175. The Hall–Kier alpha value is -4.39. The van der Waals surface area contributed by atoms with E-state index in [1.54, 1.807) is 25.5 Å². The van der Waals surface area contributed by atoms with Crippen molar-refractivity contribution in [3.05, 3.63) is 36.9 Å². The van der Waals surface area contributed by atoms with Crippen molar-refractivity contribution in [2.75, 3.05) is 37.0 Å². The Labute approximate surface area is 228 Å². The van der Waals surface area contributed by atoms with E-state index < -0.39 is 11.4 Å². The van der Waals surface area contributed by atoms with Crippen LogP contribution in [0.2, 0.25) is 0 Å². The lowest BCUT2D eigenvalue weighted by molar-refractivity contribution is -0.149. The molecule has 0 unspecified atom stereocenters. The number of aromatic nitrogens is 5. The number of thiazole rings is 1. The number of fused-ring (bicyclic) bond motifs is 1. The van der Waals surface area contributed by atoms with Crippen LogP contribution in [0.3, 0.4) is 0 Å². The maximum atomic E-state index is 12.1. The zero-order chi connectivity index (χ0) is 27.6. The molecule has 1 saturated heterocycles. The number of hydrogen-bond donors (Lipinski definition) is 3. The molecule has 0 spiro atoms. The van der Waals surface area contributed by atoms with Crippen molar-refractivity contribution in [3.63, 3.8) is 0 Å². The van der Waals surface area contributed by atoms with Crippen molar-refractivity contribution in [1.29, 1.82) is 0 Å². The normalized spacial score (nSPS) is 14.7. The van der Waals surface area contributed by atoms with Crippen molar-refractivity contribution in [1.82, 2.24) is 30.2 Å². The maximum absolute atomic E-state index is 12.1. The number of methoxy groups -OCH3 is 1. The van der Waals surface area contributed by atoms with Gasteiger partial charge in [-0.2, -0.15) is 0 Å². The third kappa shape index (κ3) is 5.43. The number of carbonyl (C=O) groups excluding carboxylic acids is 1. The van der Waals surface area contributed by atoms with E-state index in [1.807, 2.05) is 24.0 Å². The zero-order valence-electron chi connectivity index (χ0n) is 21.8. The van der Waals surface area contributed by atoms with E-state index >= 15 is 0 Å². The van der Waals surface area contributed by atoms with E-state index in [-0.39, 0.29) is 6.03 Å². The molecule has 1 aliphatic rings. The predicted molar refractivity (Wildman–Crippen MR) is 148 cm³/mol. The van der Waals surface area contributed by atoms with Crippen molar-refractivity contribution in [2.24, 2.45) is 5.41 Å². The molecule has 5 rings (SSSR count). The second-order valence-corrected chi connectivity index (χ2v) is 10.4. The summed E-state index contributed by atoms with van der Waals surface area (Å²) >= 11 is 1.34. The Bertz CT molecular complexity index is 1520. The number of carboxylic acids is 1. The third-order valence-corrected chi connectivity index (χ3v) is 7.80. The third-order valence-electron chi connectivity index (χ3n) is 6.78. The van der Waals surface area contributed by atoms with Crippen molar-refractivity contribution in [2.45, 2.75) is 26.7 Å². The number of hydrogen-bond acceptors (Lipinski definition) is 10. The highest BCUT2D eigenvalue weighted by Crippen LogP contribution is 2.38. The molecule has 1 aromatic carbocycles. The standard InChI is InChI=1S/C26H28N8O4S/c1-4-28-24(37)33-25-32-18-10-15(9-17(21(18)39-25)19-13-27-14-20(31-19)38-3)16-11-29-23(30-12-16)34-7-5-26(2,6-8-34)22(35)36/h9-14H,4-8H2,1-3H3,(H,35,36)(H2,28,32,33,37). The highest BCUT2D eigenvalue weighted by Gasteiger charge is 2.37. The summed E-state index contributed by atoms with van der Waals surface area (Å²) in [5.41, 5.74) is 2.93. The van der Waals surface area contributed by atoms with Gasteiger partial charge in [-0.05, 0) is 44.4 Å². The van der Waals surface area contributed by atoms with Crippen LogP contribution < -0.4 is 20.3 Å². The van der Waals surface area contributed by atoms with Gasteiger partial charge in [0.25, 0.3) is 0 Å². The second-order valence-electron chi connectivity index (χ2n) is 9.45. The molecule has 2 amide bonds. The summed E-state index contributed by atoms with van der Waals surface area (Å²) in [5, 5.41) is 15.4. The molecule has 12 nitrogen and oxygen atoms in total. The highest BCUT2D eigenvalue weighted by molar-refractivity contribution is 7.22. The first-order chi connectivity index (χ1) is 18.8. The topological polar surface area (TPSA) is 155 Å². The Morgan fingerprint density at radius 3 is 2.51 bits per heavy atom. The molecule has 0 bridgehead atoms. The van der Waals surface area contributed by atoms with E-state index in [0.29, 0.717) is 60.6 Å². The van der Waals surface area contributed by atoms with Crippen LogP contribution in [0, 0.1) is 5.41 Å². The average molecular weight is 549 g/mol. The molecule has 0 aliphatic carbocycles. The van der Waals surface area contributed by atoms with Crippen LogP contribution in [-0.2, 0) is 4.79 Å². The molecule has 0 atom stereocenters. The molecular formula is C26H28N8O4S. The first-order valence-corrected chi connectivity index (χ1v) is 13.3. The molecule has 39 heavy (non-hydrogen) atoms. The molecule has 3 aromatic heterocycles. The maximum Gasteiger partial charge on any atom is 0.321 e. The molecular weight excluding hydrogens is 520 g/mol. The van der Waals surface area contributed by atoms with Gasteiger partial charge in [-0.1, -0.05) is 11.3 Å². The summed E-state index contributed by atoms with van der Waals surface area (Å²) < 4.78 is 6.11. The minimum Gasteiger partial charge on any atom is -0.481 e. The lowest BCUT2D eigenvalue weighted by Crippen LogP contribution is -2.43. The first-order valence-electron chi connectivity index (χ1n) is 12.5. The minimum atomic E-state index is -0.767. The number of rotatable bonds is 7. The zero-order valence-corrected chi connectivity index (χ0v) is 22.6. The largest absolute Gasteiger partial charge is 0.481 e. The van der Waals surface area contributed by atoms with Gasteiger partial charge in [0, 0.05) is 43.2 Å². The Kier molecular flexibility index (Phi) is 7.24. The van der Waals surface area contributed by atoms with Gasteiger partial charge in [0.15, 0.2) is 5.13 Å². The number of carboxylic acid groups (broad SMARTS) is 1. The molecule has 4 aromatic rings. The number of anilines is 2. The van der Waals surface area contributed by atoms with Gasteiger partial charge in [-0.3, -0.25) is 15.1 Å². The molecule has 1 aliphatic heterocycles. The Morgan fingerprint density at radius 2 is 1.85 bits per heavy atom. The second kappa shape index (κ2) is 10.8. The summed E-state index contributed by atoms with van der Waals surface area (Å²) in [6.07, 6.45) is 7.74. The molecule has 13 heteroatoms. The van der Waals surface area contributed by atoms with E-state index in [1.165, 1.54) is 24.6 Å². The molecule has 0 radical (unpaired) electrons. The SMILES string of the molecule is CCNC(=O)Nc1nc2cc(-c3cnc(N4CCC(C)(C(=O)O)CC4)nc3)cc(-c3cncc(OC)n3)c2s1. The van der Waals surface area contributed by atoms with E-state index in [0.717, 1.165) is 21.4 Å². The number of piperidine rings is 1. The van der Waals surface area contributed by atoms with Crippen LogP contribution in [0.1, 0.15) is 26.7 Å². The number of nitrogens with one attached hydrogen (secondary N) is 2. The van der Waals surface area contributed by atoms with Gasteiger partial charge >= 0.3 is 12.0 Å². The van der Waals surface area contributed by atoms with Crippen molar-refractivity contribution >= 4 is 44.6 Å². The van der Waals surface area contributed by atoms with Crippen LogP contribution in [-0.4, -0.2) is 68.8 Å². The fourth-order valence-electron chi connectivity index (χ4n) is 4.37. The minimum absolute atomic E-state index is 0.329. The quantitative estimate of drug-likeness (QED) is 0.308. The number of amides is 2. The fourth-order valence-corrected chi connectivity index (χ4v) is 5.33. The predicted octanol–water partition coefficient (Wildman–Crippen LogP) is 4.05. The average Bonchev–Trinajstić information content (AvgIpc) is 3.35. The number of urea groups is 1. The van der Waals surface area contributed by atoms with Gasteiger partial charge in [-0.25, -0.2) is 24.7 Å². The summed E-state index contributed by atoms with van der Waals surface area (Å²) in [7, 11) is 1.53. The lowest BCUT2D eigenvalue weighted by atomic mass is 9.80. The number of nitrogens with zero attached hydrogens (tertiary/aromatic N) is 6. The first kappa shape index (κ1) is 26.2. The highest BCUT2D eigenvalue weighted by atomic mass is 32.1. The molecule has 4 heterocycles. The van der Waals surface area contributed by atoms with Crippen LogP contribution in [0.15, 0.2) is 36.9 Å².